The molecular weight excluding hydrogens is 424 g/mol. The van der Waals surface area contributed by atoms with Crippen molar-refractivity contribution in [3.05, 3.63) is 48.0 Å². The number of ether oxygens (including phenoxy) is 2. The number of carbonyl (C=O) groups excluding carboxylic acids is 3. The van der Waals surface area contributed by atoms with Crippen LogP contribution >= 0.6 is 0 Å². The second-order valence-corrected chi connectivity index (χ2v) is 8.12. The molecule has 1 aromatic carbocycles. The van der Waals surface area contributed by atoms with Gasteiger partial charge in [0.1, 0.15) is 6.61 Å². The zero-order valence-electron chi connectivity index (χ0n) is 19.2. The van der Waals surface area contributed by atoms with Crippen molar-refractivity contribution in [3.63, 3.8) is 0 Å². The third-order valence-corrected chi connectivity index (χ3v) is 5.31. The van der Waals surface area contributed by atoms with Crippen LogP contribution in [-0.2, 0) is 30.3 Å². The van der Waals surface area contributed by atoms with Crippen LogP contribution in [0.3, 0.4) is 0 Å². The number of aliphatic hydroxyl groups excluding tert-OH is 1. The topological polar surface area (TPSA) is 114 Å². The highest BCUT2D eigenvalue weighted by Crippen LogP contribution is 2.14. The van der Waals surface area contributed by atoms with Crippen molar-refractivity contribution < 1.29 is 29.0 Å². The highest BCUT2D eigenvalue weighted by atomic mass is 16.5. The smallest absolute Gasteiger partial charge is 0.305 e. The van der Waals surface area contributed by atoms with Crippen molar-refractivity contribution in [3.8, 4) is 0 Å². The first-order valence-electron chi connectivity index (χ1n) is 11.7. The highest BCUT2D eigenvalue weighted by molar-refractivity contribution is 5.86. The number of hydrogen-bond donors (Lipinski definition) is 3. The van der Waals surface area contributed by atoms with Gasteiger partial charge in [-0.25, -0.2) is 0 Å². The van der Waals surface area contributed by atoms with Crippen molar-refractivity contribution >= 4 is 17.8 Å². The first-order valence-corrected chi connectivity index (χ1v) is 11.7. The third kappa shape index (κ3) is 11.6. The number of allylic oxidation sites excluding steroid dienone is 2. The van der Waals surface area contributed by atoms with Crippen molar-refractivity contribution in [1.29, 1.82) is 0 Å². The zero-order chi connectivity index (χ0) is 23.7. The lowest BCUT2D eigenvalue weighted by molar-refractivity contribution is -0.145. The maximum absolute atomic E-state index is 13.1. The van der Waals surface area contributed by atoms with Gasteiger partial charge in [-0.15, -0.1) is 0 Å². The van der Waals surface area contributed by atoms with Crippen molar-refractivity contribution in [1.82, 2.24) is 10.6 Å². The van der Waals surface area contributed by atoms with Gasteiger partial charge in [0.25, 0.3) is 0 Å². The van der Waals surface area contributed by atoms with Crippen LogP contribution < -0.4 is 10.6 Å². The molecular formula is C25H36N2O6. The molecule has 0 spiro atoms. The van der Waals surface area contributed by atoms with E-state index in [1.54, 1.807) is 0 Å². The molecule has 33 heavy (non-hydrogen) atoms. The van der Waals surface area contributed by atoms with E-state index in [-0.39, 0.29) is 50.1 Å². The van der Waals surface area contributed by atoms with Crippen LogP contribution in [0.1, 0.15) is 44.1 Å². The highest BCUT2D eigenvalue weighted by Gasteiger charge is 2.24. The van der Waals surface area contributed by atoms with Gasteiger partial charge in [-0.05, 0) is 37.7 Å². The predicted octanol–water partition coefficient (Wildman–Crippen LogP) is 1.91. The van der Waals surface area contributed by atoms with Crippen LogP contribution in [0.5, 0.6) is 0 Å². The molecule has 0 unspecified atom stereocenters. The number of carbonyl (C=O) groups is 3. The fourth-order valence-electron chi connectivity index (χ4n) is 3.55. The molecule has 0 fully saturated rings. The average Bonchev–Trinajstić information content (AvgIpc) is 2.81. The van der Waals surface area contributed by atoms with E-state index in [2.05, 4.69) is 10.6 Å². The minimum atomic E-state index is -0.531. The summed E-state index contributed by atoms with van der Waals surface area (Å²) in [4.78, 5) is 37.6. The van der Waals surface area contributed by atoms with Crippen molar-refractivity contribution in [2.75, 3.05) is 33.0 Å². The van der Waals surface area contributed by atoms with Crippen molar-refractivity contribution in [2.24, 2.45) is 5.92 Å². The molecule has 8 nitrogen and oxygen atoms in total. The van der Waals surface area contributed by atoms with Gasteiger partial charge in [0.05, 0.1) is 31.8 Å². The Morgan fingerprint density at radius 1 is 1.15 bits per heavy atom. The monoisotopic (exact) mass is 460 g/mol. The summed E-state index contributed by atoms with van der Waals surface area (Å²) in [6, 6.07) is 9.32. The molecule has 0 aromatic heterocycles. The maximum atomic E-state index is 13.1. The summed E-state index contributed by atoms with van der Waals surface area (Å²) >= 11 is 0. The number of nitrogens with one attached hydrogen (secondary N) is 2. The van der Waals surface area contributed by atoms with Gasteiger partial charge >= 0.3 is 5.97 Å². The molecule has 3 N–H and O–H groups in total. The minimum Gasteiger partial charge on any atom is -0.463 e. The molecule has 182 valence electrons. The average molecular weight is 461 g/mol. The fourth-order valence-corrected chi connectivity index (χ4v) is 3.55. The molecule has 0 radical (unpaired) electrons. The first-order chi connectivity index (χ1) is 16.1. The van der Waals surface area contributed by atoms with E-state index < -0.39 is 5.92 Å². The third-order valence-electron chi connectivity index (χ3n) is 5.31. The van der Waals surface area contributed by atoms with E-state index in [1.807, 2.05) is 42.5 Å². The van der Waals surface area contributed by atoms with Crippen LogP contribution in [0, 0.1) is 5.92 Å². The lowest BCUT2D eigenvalue weighted by Gasteiger charge is -2.23. The second-order valence-electron chi connectivity index (χ2n) is 8.12. The molecule has 0 aliphatic carbocycles. The van der Waals surface area contributed by atoms with E-state index in [9.17, 15) is 14.4 Å². The summed E-state index contributed by atoms with van der Waals surface area (Å²) in [7, 11) is 0. The number of hydrogen-bond acceptors (Lipinski definition) is 6. The van der Waals surface area contributed by atoms with Gasteiger partial charge in [0.15, 0.2) is 0 Å². The minimum absolute atomic E-state index is 0.0496. The predicted molar refractivity (Wildman–Crippen MR) is 124 cm³/mol. The van der Waals surface area contributed by atoms with E-state index in [0.29, 0.717) is 32.4 Å². The van der Waals surface area contributed by atoms with E-state index in [1.165, 1.54) is 0 Å². The molecule has 0 bridgehead atoms. The molecule has 0 saturated heterocycles. The van der Waals surface area contributed by atoms with Gasteiger partial charge < -0.3 is 25.2 Å². The Kier molecular flexibility index (Phi) is 12.9. The number of rotatable bonds is 9. The summed E-state index contributed by atoms with van der Waals surface area (Å²) in [6.07, 6.45) is 7.77. The van der Waals surface area contributed by atoms with Crippen LogP contribution in [0.4, 0.5) is 0 Å². The summed E-state index contributed by atoms with van der Waals surface area (Å²) in [6.45, 7) is 0.862. The van der Waals surface area contributed by atoms with E-state index in [4.69, 9.17) is 14.6 Å². The van der Waals surface area contributed by atoms with Crippen LogP contribution in [-0.4, -0.2) is 61.9 Å². The molecule has 1 aliphatic rings. The van der Waals surface area contributed by atoms with Gasteiger partial charge in [-0.3, -0.25) is 14.4 Å². The summed E-state index contributed by atoms with van der Waals surface area (Å²) < 4.78 is 10.6. The quantitative estimate of drug-likeness (QED) is 0.295. The Morgan fingerprint density at radius 2 is 1.97 bits per heavy atom. The molecule has 8 heteroatoms. The standard InChI is InChI=1S/C25H36N2O6/c28-14-16-32-15-13-26-23(29)18-21-11-7-2-1-3-8-12-24(30)33-19-22(27-25(21)31)17-20-9-5-4-6-10-20/h2,4-7,9-10,21-22,28H,1,3,8,11-19H2,(H,26,29)(H,27,31)/t21-,22+/m1/s1. The molecule has 2 atom stereocenters. The Morgan fingerprint density at radius 3 is 2.76 bits per heavy atom. The molecule has 1 aromatic rings. The van der Waals surface area contributed by atoms with Crippen LogP contribution in [0.15, 0.2) is 42.5 Å². The molecule has 1 heterocycles. The Bertz CT molecular complexity index is 753. The van der Waals surface area contributed by atoms with Crippen LogP contribution in [0.2, 0.25) is 0 Å². The summed E-state index contributed by atoms with van der Waals surface area (Å²) in [5.74, 6) is -1.26. The summed E-state index contributed by atoms with van der Waals surface area (Å²) in [5.41, 5.74) is 1.03. The van der Waals surface area contributed by atoms with Gasteiger partial charge in [0.2, 0.25) is 11.8 Å². The first kappa shape index (κ1) is 26.5. The SMILES string of the molecule is O=C(C[C@H]1CC=CCCCCC(=O)OC[C@H](Cc2ccccc2)NC1=O)NCCOCCO. The van der Waals surface area contributed by atoms with Gasteiger partial charge in [-0.1, -0.05) is 42.5 Å². The zero-order valence-corrected chi connectivity index (χ0v) is 19.2. The Labute approximate surface area is 195 Å². The van der Waals surface area contributed by atoms with E-state index >= 15 is 0 Å². The number of benzene rings is 1. The number of cyclic esters (lactones) is 1. The van der Waals surface area contributed by atoms with E-state index in [0.717, 1.165) is 24.8 Å². The van der Waals surface area contributed by atoms with Gasteiger partial charge in [0, 0.05) is 19.4 Å². The molecule has 1 aliphatic heterocycles. The Hall–Kier alpha value is -2.71. The van der Waals surface area contributed by atoms with Crippen LogP contribution in [0.25, 0.3) is 0 Å². The number of aliphatic hydroxyl groups is 1. The molecule has 0 saturated carbocycles. The number of amides is 2. The molecule has 2 rings (SSSR count). The lowest BCUT2D eigenvalue weighted by Crippen LogP contribution is -2.44. The largest absolute Gasteiger partial charge is 0.463 e. The van der Waals surface area contributed by atoms with Gasteiger partial charge in [-0.2, -0.15) is 0 Å². The number of esters is 1. The maximum Gasteiger partial charge on any atom is 0.305 e. The lowest BCUT2D eigenvalue weighted by atomic mass is 9.97. The Balaban J connectivity index is 2.03. The molecule has 2 amide bonds. The normalized spacial score (nSPS) is 20.4. The second kappa shape index (κ2) is 16.0. The van der Waals surface area contributed by atoms with Crippen molar-refractivity contribution in [2.45, 2.75) is 51.0 Å². The summed E-state index contributed by atoms with van der Waals surface area (Å²) in [5, 5.41) is 14.5. The fraction of sp³-hybridized carbons (Fsp3) is 0.560.